The number of hydroxylamine groups is 1. The van der Waals surface area contributed by atoms with Crippen molar-refractivity contribution in [3.63, 3.8) is 0 Å². The third kappa shape index (κ3) is 1.91. The molecule has 0 amide bonds. The van der Waals surface area contributed by atoms with Crippen LogP contribution in [-0.4, -0.2) is 12.0 Å². The molecule has 1 aromatic rings. The number of hydrogen-bond donors (Lipinski definition) is 2. The molecule has 0 aliphatic carbocycles. The zero-order chi connectivity index (χ0) is 11.8. The molecule has 2 N–H and O–H groups in total. The second-order valence-corrected chi connectivity index (χ2v) is 3.20. The topological polar surface area (TPSA) is 50.7 Å². The predicted molar refractivity (Wildman–Crippen MR) is 46.2 cm³/mol. The molecule has 88 valence electrons. The molecule has 0 fully saturated rings. The van der Waals surface area contributed by atoms with E-state index in [9.17, 15) is 13.2 Å². The molecule has 0 radical (unpaired) electrons. The Morgan fingerprint density at radius 1 is 1.25 bits per heavy atom. The highest BCUT2D eigenvalue weighted by Crippen LogP contribution is 2.41. The maximum Gasteiger partial charge on any atom is 0.416 e. The lowest BCUT2D eigenvalue weighted by Crippen LogP contribution is -2.14. The van der Waals surface area contributed by atoms with Gasteiger partial charge >= 0.3 is 6.18 Å². The monoisotopic (exact) mass is 235 g/mol. The van der Waals surface area contributed by atoms with Crippen molar-refractivity contribution in [2.45, 2.75) is 12.7 Å². The number of ether oxygens (including phenoxy) is 2. The van der Waals surface area contributed by atoms with Gasteiger partial charge in [0.25, 0.3) is 0 Å². The lowest BCUT2D eigenvalue weighted by atomic mass is 10.1. The van der Waals surface area contributed by atoms with Gasteiger partial charge in [-0.1, -0.05) is 0 Å². The van der Waals surface area contributed by atoms with Crippen molar-refractivity contribution < 1.29 is 27.9 Å². The molecular formula is C9H8F3NO3. The third-order valence-electron chi connectivity index (χ3n) is 2.17. The normalized spacial score (nSPS) is 14.2. The molecule has 2 rings (SSSR count). The molecule has 0 bridgehead atoms. The Kier molecular flexibility index (Phi) is 2.64. The van der Waals surface area contributed by atoms with Crippen LogP contribution in [0.1, 0.15) is 11.1 Å². The summed E-state index contributed by atoms with van der Waals surface area (Å²) in [5.41, 5.74) is 0.745. The first-order chi connectivity index (χ1) is 7.52. The molecule has 7 heteroatoms. The van der Waals surface area contributed by atoms with Crippen LogP contribution in [0.25, 0.3) is 0 Å². The van der Waals surface area contributed by atoms with E-state index in [0.717, 1.165) is 6.07 Å². The molecule has 0 aromatic heterocycles. The van der Waals surface area contributed by atoms with Crippen LogP contribution < -0.4 is 15.0 Å². The van der Waals surface area contributed by atoms with Crippen molar-refractivity contribution in [2.24, 2.45) is 0 Å². The van der Waals surface area contributed by atoms with E-state index < -0.39 is 11.7 Å². The number of nitrogens with one attached hydrogen (secondary N) is 1. The summed E-state index contributed by atoms with van der Waals surface area (Å²) in [6.07, 6.45) is -4.49. The van der Waals surface area contributed by atoms with Crippen molar-refractivity contribution in [2.75, 3.05) is 6.79 Å². The van der Waals surface area contributed by atoms with Crippen LogP contribution in [-0.2, 0) is 12.7 Å². The Labute approximate surface area is 88.5 Å². The highest BCUT2D eigenvalue weighted by atomic mass is 19.4. The fourth-order valence-electron chi connectivity index (χ4n) is 1.48. The van der Waals surface area contributed by atoms with E-state index in [1.807, 2.05) is 0 Å². The smallest absolute Gasteiger partial charge is 0.416 e. The summed E-state index contributed by atoms with van der Waals surface area (Å²) in [5.74, 6) is 0.312. The molecule has 1 aromatic carbocycles. The minimum Gasteiger partial charge on any atom is -0.454 e. The molecule has 1 aliphatic rings. The van der Waals surface area contributed by atoms with Crippen molar-refractivity contribution in [3.05, 3.63) is 23.3 Å². The minimum absolute atomic E-state index is 0.0639. The van der Waals surface area contributed by atoms with E-state index in [1.54, 1.807) is 5.48 Å². The summed E-state index contributed by atoms with van der Waals surface area (Å²) >= 11 is 0. The molecule has 1 heterocycles. The van der Waals surface area contributed by atoms with Gasteiger partial charge in [0.05, 0.1) is 5.56 Å². The average molecular weight is 235 g/mol. The molecule has 4 nitrogen and oxygen atoms in total. The van der Waals surface area contributed by atoms with Crippen LogP contribution in [0, 0.1) is 0 Å². The largest absolute Gasteiger partial charge is 0.454 e. The maximum atomic E-state index is 12.6. The Morgan fingerprint density at radius 2 is 1.88 bits per heavy atom. The Balaban J connectivity index is 2.49. The predicted octanol–water partition coefficient (Wildman–Crippen LogP) is 1.91. The summed E-state index contributed by atoms with van der Waals surface area (Å²) < 4.78 is 47.7. The second kappa shape index (κ2) is 3.84. The first-order valence-electron chi connectivity index (χ1n) is 4.39. The number of fused-ring (bicyclic) bond motifs is 1. The van der Waals surface area contributed by atoms with Gasteiger partial charge in [-0.15, -0.1) is 0 Å². The van der Waals surface area contributed by atoms with Crippen LogP contribution in [0.3, 0.4) is 0 Å². The van der Waals surface area contributed by atoms with Crippen molar-refractivity contribution in [3.8, 4) is 11.5 Å². The standard InChI is InChI=1S/C9H8F3NO3/c10-9(11,12)6-2-8-7(15-4-16-8)1-5(6)3-13-14/h1-2,13-14H,3-4H2. The van der Waals surface area contributed by atoms with Gasteiger partial charge in [-0.3, -0.25) is 0 Å². The van der Waals surface area contributed by atoms with E-state index in [2.05, 4.69) is 0 Å². The summed E-state index contributed by atoms with van der Waals surface area (Å²) in [6, 6.07) is 2.07. The van der Waals surface area contributed by atoms with Gasteiger partial charge in [-0.25, -0.2) is 5.48 Å². The molecule has 0 saturated carbocycles. The van der Waals surface area contributed by atoms with E-state index in [4.69, 9.17) is 14.7 Å². The van der Waals surface area contributed by atoms with Crippen LogP contribution in [0.2, 0.25) is 0 Å². The van der Waals surface area contributed by atoms with Crippen LogP contribution in [0.5, 0.6) is 11.5 Å². The van der Waals surface area contributed by atoms with E-state index >= 15 is 0 Å². The van der Waals surface area contributed by atoms with Crippen molar-refractivity contribution in [1.82, 2.24) is 5.48 Å². The molecule has 0 saturated heterocycles. The van der Waals surface area contributed by atoms with Gasteiger partial charge in [0, 0.05) is 6.54 Å². The van der Waals surface area contributed by atoms with Crippen LogP contribution in [0.4, 0.5) is 13.2 Å². The van der Waals surface area contributed by atoms with Crippen molar-refractivity contribution >= 4 is 0 Å². The number of rotatable bonds is 2. The van der Waals surface area contributed by atoms with Gasteiger partial charge in [0.15, 0.2) is 11.5 Å². The number of benzene rings is 1. The summed E-state index contributed by atoms with van der Waals surface area (Å²) in [7, 11) is 0. The van der Waals surface area contributed by atoms with Gasteiger partial charge in [0.2, 0.25) is 6.79 Å². The zero-order valence-corrected chi connectivity index (χ0v) is 7.97. The Morgan fingerprint density at radius 3 is 2.44 bits per heavy atom. The van der Waals surface area contributed by atoms with Gasteiger partial charge in [0.1, 0.15) is 0 Å². The van der Waals surface area contributed by atoms with E-state index in [1.165, 1.54) is 6.07 Å². The summed E-state index contributed by atoms with van der Waals surface area (Å²) in [4.78, 5) is 0. The summed E-state index contributed by atoms with van der Waals surface area (Å²) in [5, 5.41) is 8.47. The van der Waals surface area contributed by atoms with E-state index in [0.29, 0.717) is 0 Å². The average Bonchev–Trinajstić information content (AvgIpc) is 2.62. The zero-order valence-electron chi connectivity index (χ0n) is 7.97. The fourth-order valence-corrected chi connectivity index (χ4v) is 1.48. The van der Waals surface area contributed by atoms with E-state index in [-0.39, 0.29) is 30.4 Å². The van der Waals surface area contributed by atoms with Crippen LogP contribution in [0.15, 0.2) is 12.1 Å². The quantitative estimate of drug-likeness (QED) is 0.769. The lowest BCUT2D eigenvalue weighted by Gasteiger charge is -2.13. The third-order valence-corrected chi connectivity index (χ3v) is 2.17. The minimum atomic E-state index is -4.49. The maximum absolute atomic E-state index is 12.6. The van der Waals surface area contributed by atoms with Gasteiger partial charge in [-0.2, -0.15) is 13.2 Å². The Bertz CT molecular complexity index is 406. The number of halogens is 3. The highest BCUT2D eigenvalue weighted by Gasteiger charge is 2.35. The van der Waals surface area contributed by atoms with Gasteiger partial charge in [-0.05, 0) is 17.7 Å². The first kappa shape index (κ1) is 11.0. The molecule has 0 unspecified atom stereocenters. The first-order valence-corrected chi connectivity index (χ1v) is 4.39. The van der Waals surface area contributed by atoms with Crippen molar-refractivity contribution in [1.29, 1.82) is 0 Å². The summed E-state index contributed by atoms with van der Waals surface area (Å²) in [6.45, 7) is -0.409. The number of alkyl halides is 3. The molecule has 1 aliphatic heterocycles. The Hall–Kier alpha value is -1.47. The molecule has 16 heavy (non-hydrogen) atoms. The molecular weight excluding hydrogens is 227 g/mol. The second-order valence-electron chi connectivity index (χ2n) is 3.20. The number of hydrogen-bond acceptors (Lipinski definition) is 4. The van der Waals surface area contributed by atoms with Crippen LogP contribution >= 0.6 is 0 Å². The fraction of sp³-hybridized carbons (Fsp3) is 0.333. The molecule has 0 atom stereocenters. The van der Waals surface area contributed by atoms with Gasteiger partial charge < -0.3 is 14.7 Å². The lowest BCUT2D eigenvalue weighted by molar-refractivity contribution is -0.138. The highest BCUT2D eigenvalue weighted by molar-refractivity contribution is 5.49. The molecule has 0 spiro atoms. The SMILES string of the molecule is ONCc1cc2c(cc1C(F)(F)F)OCO2.